The average molecular weight is 309 g/mol. The highest BCUT2D eigenvalue weighted by Crippen LogP contribution is 2.49. The van der Waals surface area contributed by atoms with Crippen molar-refractivity contribution < 1.29 is 18.7 Å². The molecule has 1 aromatic carbocycles. The van der Waals surface area contributed by atoms with Crippen LogP contribution < -0.4 is 5.32 Å². The minimum atomic E-state index is -1.37. The summed E-state index contributed by atoms with van der Waals surface area (Å²) in [6.07, 6.45) is 3.93. The summed E-state index contributed by atoms with van der Waals surface area (Å²) in [5.41, 5.74) is -0.386. The zero-order valence-electron chi connectivity index (χ0n) is 12.4. The molecule has 4 atom stereocenters. The standard InChI is InChI=1S/C17H21F2NO2/c18-13-2-1-3-14(19)17(13)15(21)9-20-16(22)8-12-7-10-4-5-11(12)6-10/h1-3,10-12,15,21H,4-9H2,(H,20,22). The Morgan fingerprint density at radius 2 is 2.00 bits per heavy atom. The predicted octanol–water partition coefficient (Wildman–Crippen LogP) is 2.94. The van der Waals surface area contributed by atoms with Crippen molar-refractivity contribution in [2.75, 3.05) is 6.54 Å². The van der Waals surface area contributed by atoms with E-state index in [0.717, 1.165) is 24.5 Å². The Morgan fingerprint density at radius 3 is 2.59 bits per heavy atom. The smallest absolute Gasteiger partial charge is 0.220 e. The van der Waals surface area contributed by atoms with Crippen LogP contribution in [-0.2, 0) is 4.79 Å². The van der Waals surface area contributed by atoms with Crippen molar-refractivity contribution in [1.29, 1.82) is 0 Å². The van der Waals surface area contributed by atoms with Gasteiger partial charge in [0.25, 0.3) is 0 Å². The van der Waals surface area contributed by atoms with Crippen LogP contribution in [0.5, 0.6) is 0 Å². The van der Waals surface area contributed by atoms with Crippen molar-refractivity contribution in [2.45, 2.75) is 38.2 Å². The van der Waals surface area contributed by atoms with Gasteiger partial charge in [-0.1, -0.05) is 12.5 Å². The number of hydrogen-bond donors (Lipinski definition) is 2. The zero-order chi connectivity index (χ0) is 15.7. The molecule has 2 bridgehead atoms. The van der Waals surface area contributed by atoms with Crippen LogP contribution in [0.4, 0.5) is 8.78 Å². The molecule has 5 heteroatoms. The summed E-state index contributed by atoms with van der Waals surface area (Å²) in [4.78, 5) is 12.0. The Balaban J connectivity index is 1.50. The number of aliphatic hydroxyl groups is 1. The van der Waals surface area contributed by atoms with Gasteiger partial charge in [0.05, 0.1) is 5.56 Å². The van der Waals surface area contributed by atoms with Crippen LogP contribution in [0.25, 0.3) is 0 Å². The molecule has 1 aromatic rings. The number of carbonyl (C=O) groups is 1. The molecule has 3 rings (SSSR count). The minimum Gasteiger partial charge on any atom is -0.386 e. The molecule has 2 aliphatic carbocycles. The minimum absolute atomic E-state index is 0.145. The van der Waals surface area contributed by atoms with Gasteiger partial charge in [-0.05, 0) is 49.1 Å². The van der Waals surface area contributed by atoms with E-state index in [2.05, 4.69) is 5.32 Å². The van der Waals surface area contributed by atoms with Gasteiger partial charge in [0, 0.05) is 13.0 Å². The van der Waals surface area contributed by atoms with E-state index in [0.29, 0.717) is 18.3 Å². The number of rotatable bonds is 5. The zero-order valence-corrected chi connectivity index (χ0v) is 12.4. The van der Waals surface area contributed by atoms with Gasteiger partial charge < -0.3 is 10.4 Å². The van der Waals surface area contributed by atoms with E-state index in [1.54, 1.807) is 0 Å². The fourth-order valence-electron chi connectivity index (χ4n) is 4.08. The van der Waals surface area contributed by atoms with E-state index in [1.165, 1.54) is 25.3 Å². The van der Waals surface area contributed by atoms with Crippen molar-refractivity contribution in [2.24, 2.45) is 17.8 Å². The summed E-state index contributed by atoms with van der Waals surface area (Å²) in [6.45, 7) is -0.169. The van der Waals surface area contributed by atoms with Crippen molar-refractivity contribution in [3.8, 4) is 0 Å². The number of benzene rings is 1. The van der Waals surface area contributed by atoms with Crippen molar-refractivity contribution in [3.05, 3.63) is 35.4 Å². The Labute approximate surface area is 128 Å². The van der Waals surface area contributed by atoms with Crippen LogP contribution >= 0.6 is 0 Å². The van der Waals surface area contributed by atoms with Gasteiger partial charge in [-0.25, -0.2) is 8.78 Å². The van der Waals surface area contributed by atoms with E-state index >= 15 is 0 Å². The summed E-state index contributed by atoms with van der Waals surface area (Å²) < 4.78 is 27.1. The summed E-state index contributed by atoms with van der Waals surface area (Å²) in [5.74, 6) is 0.129. The fraction of sp³-hybridized carbons (Fsp3) is 0.588. The van der Waals surface area contributed by atoms with Crippen LogP contribution in [0, 0.1) is 29.4 Å². The van der Waals surface area contributed by atoms with Gasteiger partial charge in [0.1, 0.15) is 17.7 Å². The maximum atomic E-state index is 13.5. The van der Waals surface area contributed by atoms with E-state index in [9.17, 15) is 18.7 Å². The van der Waals surface area contributed by atoms with Gasteiger partial charge in [0.2, 0.25) is 5.91 Å². The molecule has 0 aromatic heterocycles. The molecular formula is C17H21F2NO2. The molecule has 2 aliphatic rings. The number of halogens is 2. The Hall–Kier alpha value is -1.49. The predicted molar refractivity (Wildman–Crippen MR) is 77.9 cm³/mol. The van der Waals surface area contributed by atoms with Crippen LogP contribution in [0.15, 0.2) is 18.2 Å². The van der Waals surface area contributed by atoms with Gasteiger partial charge in [-0.15, -0.1) is 0 Å². The average Bonchev–Trinajstić information content (AvgIpc) is 3.07. The molecule has 3 nitrogen and oxygen atoms in total. The second kappa shape index (κ2) is 6.32. The molecule has 0 saturated heterocycles. The third kappa shape index (κ3) is 3.14. The van der Waals surface area contributed by atoms with Crippen LogP contribution in [0.3, 0.4) is 0 Å². The molecule has 2 saturated carbocycles. The molecule has 4 unspecified atom stereocenters. The lowest BCUT2D eigenvalue weighted by molar-refractivity contribution is -0.122. The first-order valence-electron chi connectivity index (χ1n) is 7.93. The molecule has 0 heterocycles. The third-order valence-corrected chi connectivity index (χ3v) is 5.16. The molecule has 1 amide bonds. The number of carbonyl (C=O) groups excluding carboxylic acids is 1. The van der Waals surface area contributed by atoms with Crippen LogP contribution in [0.2, 0.25) is 0 Å². The maximum absolute atomic E-state index is 13.5. The van der Waals surface area contributed by atoms with Gasteiger partial charge in [0.15, 0.2) is 0 Å². The largest absolute Gasteiger partial charge is 0.386 e. The molecular weight excluding hydrogens is 288 g/mol. The van der Waals surface area contributed by atoms with Crippen LogP contribution in [0.1, 0.15) is 43.8 Å². The highest BCUT2D eigenvalue weighted by Gasteiger charge is 2.40. The van der Waals surface area contributed by atoms with Gasteiger partial charge in [-0.2, -0.15) is 0 Å². The number of fused-ring (bicyclic) bond motifs is 2. The maximum Gasteiger partial charge on any atom is 0.220 e. The highest BCUT2D eigenvalue weighted by molar-refractivity contribution is 5.76. The molecule has 2 fully saturated rings. The van der Waals surface area contributed by atoms with Crippen molar-refractivity contribution in [1.82, 2.24) is 5.32 Å². The number of hydrogen-bond acceptors (Lipinski definition) is 2. The number of amides is 1. The highest BCUT2D eigenvalue weighted by atomic mass is 19.1. The summed E-state index contributed by atoms with van der Waals surface area (Å²) >= 11 is 0. The number of nitrogens with one attached hydrogen (secondary N) is 1. The Morgan fingerprint density at radius 1 is 1.27 bits per heavy atom. The Bertz CT molecular complexity index is 543. The summed E-state index contributed by atoms with van der Waals surface area (Å²) in [6, 6.07) is 3.44. The van der Waals surface area contributed by atoms with Gasteiger partial charge in [-0.3, -0.25) is 4.79 Å². The second-order valence-electron chi connectivity index (χ2n) is 6.59. The lowest BCUT2D eigenvalue weighted by Crippen LogP contribution is -2.31. The first-order chi connectivity index (χ1) is 10.5. The molecule has 22 heavy (non-hydrogen) atoms. The molecule has 0 aliphatic heterocycles. The SMILES string of the molecule is O=C(CC1CC2CCC1C2)NCC(O)c1c(F)cccc1F. The summed E-state index contributed by atoms with van der Waals surface area (Å²) in [7, 11) is 0. The van der Waals surface area contributed by atoms with Crippen molar-refractivity contribution in [3.63, 3.8) is 0 Å². The second-order valence-corrected chi connectivity index (χ2v) is 6.59. The van der Waals surface area contributed by atoms with E-state index in [-0.39, 0.29) is 18.0 Å². The topological polar surface area (TPSA) is 49.3 Å². The molecule has 120 valence electrons. The summed E-state index contributed by atoms with van der Waals surface area (Å²) in [5, 5.41) is 12.5. The molecule has 0 spiro atoms. The number of aliphatic hydroxyl groups excluding tert-OH is 1. The van der Waals surface area contributed by atoms with Gasteiger partial charge >= 0.3 is 0 Å². The van der Waals surface area contributed by atoms with Crippen LogP contribution in [-0.4, -0.2) is 17.6 Å². The monoisotopic (exact) mass is 309 g/mol. The lowest BCUT2D eigenvalue weighted by Gasteiger charge is -2.21. The van der Waals surface area contributed by atoms with E-state index < -0.39 is 17.7 Å². The normalized spacial score (nSPS) is 27.9. The molecule has 0 radical (unpaired) electrons. The van der Waals surface area contributed by atoms with E-state index in [4.69, 9.17) is 0 Å². The van der Waals surface area contributed by atoms with Crippen molar-refractivity contribution >= 4 is 5.91 Å². The first kappa shape index (κ1) is 15.4. The third-order valence-electron chi connectivity index (χ3n) is 5.16. The quantitative estimate of drug-likeness (QED) is 0.878. The molecule has 2 N–H and O–H groups in total. The Kier molecular flexibility index (Phi) is 4.43. The lowest BCUT2D eigenvalue weighted by atomic mass is 9.86. The van der Waals surface area contributed by atoms with E-state index in [1.807, 2.05) is 0 Å². The fourth-order valence-corrected chi connectivity index (χ4v) is 4.08. The first-order valence-corrected chi connectivity index (χ1v) is 7.93.